The molecule has 1 heterocycles. The number of hydrogen-bond acceptors (Lipinski definition) is 4. The number of phenols is 1. The quantitative estimate of drug-likeness (QED) is 0.748. The first-order valence-corrected chi connectivity index (χ1v) is 6.58. The van der Waals surface area contributed by atoms with Gasteiger partial charge in [0.2, 0.25) is 5.75 Å². The number of fused-ring (bicyclic) bond motifs is 1. The van der Waals surface area contributed by atoms with E-state index in [1.54, 1.807) is 25.1 Å². The van der Waals surface area contributed by atoms with Gasteiger partial charge in [-0.25, -0.2) is 4.79 Å². The lowest BCUT2D eigenvalue weighted by Crippen LogP contribution is -2.07. The van der Waals surface area contributed by atoms with Gasteiger partial charge in [-0.1, -0.05) is 30.3 Å². The molecule has 3 rings (SSSR count). The first kappa shape index (κ1) is 13.2. The van der Waals surface area contributed by atoms with Crippen molar-refractivity contribution >= 4 is 11.0 Å². The molecule has 0 bridgehead atoms. The zero-order chi connectivity index (χ0) is 14.8. The molecule has 1 aromatic heterocycles. The zero-order valence-corrected chi connectivity index (χ0v) is 11.5. The average molecular weight is 282 g/mol. The predicted molar refractivity (Wildman–Crippen MR) is 79.7 cm³/mol. The highest BCUT2D eigenvalue weighted by molar-refractivity contribution is 5.82. The summed E-state index contributed by atoms with van der Waals surface area (Å²) < 4.78 is 10.8. The molecule has 4 nitrogen and oxygen atoms in total. The Morgan fingerprint density at radius 3 is 2.67 bits per heavy atom. The largest absolute Gasteiger partial charge is 0.508 e. The van der Waals surface area contributed by atoms with E-state index < -0.39 is 5.63 Å². The minimum absolute atomic E-state index is 0.101. The summed E-state index contributed by atoms with van der Waals surface area (Å²) in [5, 5.41) is 10.4. The van der Waals surface area contributed by atoms with Crippen LogP contribution >= 0.6 is 0 Å². The maximum Gasteiger partial charge on any atom is 0.379 e. The topological polar surface area (TPSA) is 59.7 Å². The molecular weight excluding hydrogens is 268 g/mol. The Balaban J connectivity index is 1.95. The molecule has 0 fully saturated rings. The van der Waals surface area contributed by atoms with Crippen LogP contribution in [0.1, 0.15) is 11.1 Å². The van der Waals surface area contributed by atoms with Crippen LogP contribution in [-0.2, 0) is 6.61 Å². The van der Waals surface area contributed by atoms with E-state index >= 15 is 0 Å². The molecule has 21 heavy (non-hydrogen) atoms. The van der Waals surface area contributed by atoms with E-state index in [0.717, 1.165) is 5.56 Å². The van der Waals surface area contributed by atoms with Crippen molar-refractivity contribution in [1.29, 1.82) is 0 Å². The summed E-state index contributed by atoms with van der Waals surface area (Å²) in [5.74, 6) is 0.264. The summed E-state index contributed by atoms with van der Waals surface area (Å²) in [6, 6.07) is 14.5. The van der Waals surface area contributed by atoms with Crippen LogP contribution < -0.4 is 10.4 Å². The van der Waals surface area contributed by atoms with Gasteiger partial charge in [-0.3, -0.25) is 0 Å². The summed E-state index contributed by atoms with van der Waals surface area (Å²) in [7, 11) is 0. The van der Waals surface area contributed by atoms with Crippen LogP contribution in [0.2, 0.25) is 0 Å². The highest BCUT2D eigenvalue weighted by atomic mass is 16.5. The lowest BCUT2D eigenvalue weighted by atomic mass is 10.1. The van der Waals surface area contributed by atoms with E-state index in [0.29, 0.717) is 23.1 Å². The number of aromatic hydroxyl groups is 1. The standard InChI is InChI=1S/C17H14O4/c1-11-14(18)8-7-13-9-15(17(19)21-16(11)13)20-10-12-5-3-2-4-6-12/h2-9,18H,10H2,1H3. The molecule has 0 saturated carbocycles. The molecule has 0 unspecified atom stereocenters. The Hall–Kier alpha value is -2.75. The van der Waals surface area contributed by atoms with Gasteiger partial charge in [0.1, 0.15) is 17.9 Å². The van der Waals surface area contributed by atoms with Gasteiger partial charge in [0.05, 0.1) is 0 Å². The van der Waals surface area contributed by atoms with Gasteiger partial charge < -0.3 is 14.3 Å². The Labute approximate surface area is 121 Å². The van der Waals surface area contributed by atoms with E-state index in [2.05, 4.69) is 0 Å². The number of aryl methyl sites for hydroxylation is 1. The molecule has 0 radical (unpaired) electrons. The van der Waals surface area contributed by atoms with Crippen molar-refractivity contribution in [2.24, 2.45) is 0 Å². The number of phenolic OH excluding ortho intramolecular Hbond substituents is 1. The highest BCUT2D eigenvalue weighted by Gasteiger charge is 2.10. The summed E-state index contributed by atoms with van der Waals surface area (Å²) in [6.07, 6.45) is 0. The Morgan fingerprint density at radius 1 is 1.14 bits per heavy atom. The van der Waals surface area contributed by atoms with Crippen molar-refractivity contribution < 1.29 is 14.3 Å². The number of benzene rings is 2. The third-order valence-electron chi connectivity index (χ3n) is 3.33. The average Bonchev–Trinajstić information content (AvgIpc) is 2.51. The monoisotopic (exact) mass is 282 g/mol. The third kappa shape index (κ3) is 2.60. The van der Waals surface area contributed by atoms with Crippen LogP contribution in [0, 0.1) is 6.92 Å². The molecule has 0 aliphatic rings. The van der Waals surface area contributed by atoms with E-state index in [4.69, 9.17) is 9.15 Å². The second-order valence-electron chi connectivity index (χ2n) is 4.80. The molecule has 2 aromatic carbocycles. The van der Waals surface area contributed by atoms with Crippen molar-refractivity contribution in [2.75, 3.05) is 0 Å². The number of rotatable bonds is 3. The molecule has 3 aromatic rings. The first-order chi connectivity index (χ1) is 10.1. The maximum absolute atomic E-state index is 11.9. The molecule has 0 spiro atoms. The van der Waals surface area contributed by atoms with E-state index in [9.17, 15) is 9.90 Å². The van der Waals surface area contributed by atoms with E-state index in [1.807, 2.05) is 30.3 Å². The summed E-state index contributed by atoms with van der Waals surface area (Å²) in [6.45, 7) is 2.00. The van der Waals surface area contributed by atoms with Crippen LogP contribution in [0.4, 0.5) is 0 Å². The zero-order valence-electron chi connectivity index (χ0n) is 11.5. The van der Waals surface area contributed by atoms with Gasteiger partial charge in [-0.05, 0) is 30.7 Å². The summed E-state index contributed by atoms with van der Waals surface area (Å²) in [4.78, 5) is 11.9. The molecule has 0 aliphatic carbocycles. The van der Waals surface area contributed by atoms with Crippen LogP contribution in [0.15, 0.2) is 57.7 Å². The third-order valence-corrected chi connectivity index (χ3v) is 3.33. The van der Waals surface area contributed by atoms with Crippen molar-refractivity contribution in [3.63, 3.8) is 0 Å². The number of hydrogen-bond donors (Lipinski definition) is 1. The van der Waals surface area contributed by atoms with Crippen molar-refractivity contribution in [1.82, 2.24) is 0 Å². The number of ether oxygens (including phenoxy) is 1. The van der Waals surface area contributed by atoms with Gasteiger partial charge in [0.15, 0.2) is 0 Å². The van der Waals surface area contributed by atoms with Crippen molar-refractivity contribution in [3.05, 3.63) is 70.1 Å². The Kier molecular flexibility index (Phi) is 3.36. The van der Waals surface area contributed by atoms with Gasteiger partial charge in [-0.15, -0.1) is 0 Å². The fourth-order valence-corrected chi connectivity index (χ4v) is 2.13. The fourth-order valence-electron chi connectivity index (χ4n) is 2.13. The van der Waals surface area contributed by atoms with Gasteiger partial charge in [0, 0.05) is 10.9 Å². The van der Waals surface area contributed by atoms with Crippen LogP contribution in [0.5, 0.6) is 11.5 Å². The van der Waals surface area contributed by atoms with Gasteiger partial charge >= 0.3 is 5.63 Å². The minimum atomic E-state index is -0.549. The van der Waals surface area contributed by atoms with Gasteiger partial charge in [-0.2, -0.15) is 0 Å². The second kappa shape index (κ2) is 5.32. The highest BCUT2D eigenvalue weighted by Crippen LogP contribution is 2.27. The fraction of sp³-hybridized carbons (Fsp3) is 0.118. The minimum Gasteiger partial charge on any atom is -0.508 e. The van der Waals surface area contributed by atoms with Crippen LogP contribution in [0.3, 0.4) is 0 Å². The van der Waals surface area contributed by atoms with Crippen molar-refractivity contribution in [2.45, 2.75) is 13.5 Å². The molecule has 0 atom stereocenters. The smallest absolute Gasteiger partial charge is 0.379 e. The van der Waals surface area contributed by atoms with Gasteiger partial charge in [0.25, 0.3) is 0 Å². The van der Waals surface area contributed by atoms with Crippen LogP contribution in [-0.4, -0.2) is 5.11 Å². The summed E-state index contributed by atoms with van der Waals surface area (Å²) in [5.41, 5.74) is 1.34. The molecule has 106 valence electrons. The maximum atomic E-state index is 11.9. The molecule has 4 heteroatoms. The van der Waals surface area contributed by atoms with Crippen LogP contribution in [0.25, 0.3) is 11.0 Å². The Bertz CT molecular complexity index is 835. The normalized spacial score (nSPS) is 10.7. The molecular formula is C17H14O4. The second-order valence-corrected chi connectivity index (χ2v) is 4.80. The Morgan fingerprint density at radius 2 is 1.90 bits per heavy atom. The molecule has 1 N–H and O–H groups in total. The predicted octanol–water partition coefficient (Wildman–Crippen LogP) is 3.39. The molecule has 0 saturated heterocycles. The molecule has 0 aliphatic heterocycles. The van der Waals surface area contributed by atoms with Crippen molar-refractivity contribution in [3.8, 4) is 11.5 Å². The van der Waals surface area contributed by atoms with E-state index in [1.165, 1.54) is 0 Å². The lowest BCUT2D eigenvalue weighted by molar-refractivity contribution is 0.291. The first-order valence-electron chi connectivity index (χ1n) is 6.58. The SMILES string of the molecule is Cc1c(O)ccc2cc(OCc3ccccc3)c(=O)oc12. The molecule has 0 amide bonds. The lowest BCUT2D eigenvalue weighted by Gasteiger charge is -2.07. The van der Waals surface area contributed by atoms with E-state index in [-0.39, 0.29) is 11.5 Å². The summed E-state index contributed by atoms with van der Waals surface area (Å²) >= 11 is 0.